The van der Waals surface area contributed by atoms with Crippen molar-refractivity contribution >= 4 is 35.8 Å². The summed E-state index contributed by atoms with van der Waals surface area (Å²) >= 11 is 0. The van der Waals surface area contributed by atoms with Crippen molar-refractivity contribution in [1.82, 2.24) is 30.7 Å². The Bertz CT molecular complexity index is 519. The topological polar surface area (TPSA) is 96.2 Å². The number of nitrogens with one attached hydrogen (secondary N) is 3. The molecule has 0 radical (unpaired) electrons. The molecule has 0 saturated heterocycles. The van der Waals surface area contributed by atoms with Crippen LogP contribution in [-0.4, -0.2) is 45.8 Å². The van der Waals surface area contributed by atoms with Crippen LogP contribution in [0, 0.1) is 6.92 Å². The summed E-state index contributed by atoms with van der Waals surface area (Å²) in [5.74, 6) is 2.11. The first-order valence-electron chi connectivity index (χ1n) is 6.83. The zero-order valence-corrected chi connectivity index (χ0v) is 16.3. The molecular weight excluding hydrogens is 397 g/mol. The average molecular weight is 423 g/mol. The molecule has 1 heterocycles. The number of aryl methyl sites for hydroxylation is 1. The van der Waals surface area contributed by atoms with Crippen LogP contribution in [0.4, 0.5) is 0 Å². The van der Waals surface area contributed by atoms with Gasteiger partial charge < -0.3 is 20.5 Å². The molecule has 126 valence electrons. The molecular formula is C13H26IN7O. The largest absolute Gasteiger partial charge is 0.350 e. The van der Waals surface area contributed by atoms with Crippen molar-refractivity contribution in [2.45, 2.75) is 39.8 Å². The summed E-state index contributed by atoms with van der Waals surface area (Å²) in [5.41, 5.74) is -0.244. The molecule has 0 bridgehead atoms. The van der Waals surface area contributed by atoms with E-state index in [4.69, 9.17) is 0 Å². The Morgan fingerprint density at radius 2 is 1.91 bits per heavy atom. The minimum absolute atomic E-state index is 0. The van der Waals surface area contributed by atoms with Gasteiger partial charge in [-0.3, -0.25) is 9.79 Å². The van der Waals surface area contributed by atoms with Crippen LogP contribution in [0.5, 0.6) is 0 Å². The van der Waals surface area contributed by atoms with Crippen LogP contribution in [0.15, 0.2) is 4.99 Å². The standard InChI is InChI=1S/C13H25N7O.HI/c1-9-18-19-10(20(9)6)7-15-12(14-5)16-8-11(21)17-13(2,3)4;/h7-8H2,1-6H3,(H,17,21)(H2,14,15,16);1H. The first-order valence-corrected chi connectivity index (χ1v) is 6.83. The number of aromatic nitrogens is 3. The van der Waals surface area contributed by atoms with Gasteiger partial charge in [0.25, 0.3) is 0 Å². The summed E-state index contributed by atoms with van der Waals surface area (Å²) in [4.78, 5) is 15.8. The van der Waals surface area contributed by atoms with E-state index in [1.165, 1.54) is 0 Å². The fourth-order valence-electron chi connectivity index (χ4n) is 1.61. The van der Waals surface area contributed by atoms with Crippen LogP contribution < -0.4 is 16.0 Å². The number of hydrogen-bond donors (Lipinski definition) is 3. The fraction of sp³-hybridized carbons (Fsp3) is 0.692. The van der Waals surface area contributed by atoms with E-state index >= 15 is 0 Å². The van der Waals surface area contributed by atoms with Crippen molar-refractivity contribution in [3.05, 3.63) is 11.6 Å². The highest BCUT2D eigenvalue weighted by Gasteiger charge is 2.13. The van der Waals surface area contributed by atoms with Crippen molar-refractivity contribution in [3.63, 3.8) is 0 Å². The molecule has 1 aromatic rings. The van der Waals surface area contributed by atoms with E-state index in [9.17, 15) is 4.79 Å². The van der Waals surface area contributed by atoms with Crippen molar-refractivity contribution < 1.29 is 4.79 Å². The Balaban J connectivity index is 0.00000441. The molecule has 0 aromatic carbocycles. The molecule has 0 spiro atoms. The van der Waals surface area contributed by atoms with Gasteiger partial charge in [-0.15, -0.1) is 34.2 Å². The number of carbonyl (C=O) groups excluding carboxylic acids is 1. The normalized spacial score (nSPS) is 11.6. The maximum atomic E-state index is 11.7. The Labute approximate surface area is 148 Å². The van der Waals surface area contributed by atoms with Gasteiger partial charge in [-0.2, -0.15) is 0 Å². The van der Waals surface area contributed by atoms with Crippen LogP contribution in [-0.2, 0) is 18.4 Å². The molecule has 0 saturated carbocycles. The van der Waals surface area contributed by atoms with Gasteiger partial charge in [-0.1, -0.05) is 0 Å². The van der Waals surface area contributed by atoms with Crippen molar-refractivity contribution in [1.29, 1.82) is 0 Å². The van der Waals surface area contributed by atoms with Crippen LogP contribution in [0.3, 0.4) is 0 Å². The van der Waals surface area contributed by atoms with Gasteiger partial charge in [-0.25, -0.2) is 0 Å². The van der Waals surface area contributed by atoms with E-state index < -0.39 is 0 Å². The van der Waals surface area contributed by atoms with Crippen LogP contribution in [0.2, 0.25) is 0 Å². The van der Waals surface area contributed by atoms with Gasteiger partial charge in [0, 0.05) is 19.6 Å². The molecule has 0 aliphatic rings. The first-order chi connectivity index (χ1) is 9.73. The molecule has 0 atom stereocenters. The minimum Gasteiger partial charge on any atom is -0.350 e. The van der Waals surface area contributed by atoms with Crippen LogP contribution in [0.25, 0.3) is 0 Å². The van der Waals surface area contributed by atoms with Gasteiger partial charge >= 0.3 is 0 Å². The summed E-state index contributed by atoms with van der Waals surface area (Å²) in [6.07, 6.45) is 0. The Kier molecular flexibility index (Phi) is 8.35. The lowest BCUT2D eigenvalue weighted by Crippen LogP contribution is -2.48. The number of nitrogens with zero attached hydrogens (tertiary/aromatic N) is 4. The average Bonchev–Trinajstić information content (AvgIpc) is 2.68. The summed E-state index contributed by atoms with van der Waals surface area (Å²) in [5, 5.41) is 17.0. The summed E-state index contributed by atoms with van der Waals surface area (Å²) in [6.45, 7) is 8.35. The molecule has 3 N–H and O–H groups in total. The van der Waals surface area contributed by atoms with Crippen LogP contribution >= 0.6 is 24.0 Å². The van der Waals surface area contributed by atoms with Crippen molar-refractivity contribution in [2.75, 3.05) is 13.6 Å². The Morgan fingerprint density at radius 1 is 1.27 bits per heavy atom. The molecule has 0 aliphatic heterocycles. The summed E-state index contributed by atoms with van der Waals surface area (Å²) < 4.78 is 1.90. The monoisotopic (exact) mass is 423 g/mol. The quantitative estimate of drug-likeness (QED) is 0.368. The third-order valence-corrected chi connectivity index (χ3v) is 2.75. The van der Waals surface area contributed by atoms with Crippen molar-refractivity contribution in [3.8, 4) is 0 Å². The third kappa shape index (κ3) is 7.05. The van der Waals surface area contributed by atoms with Gasteiger partial charge in [0.1, 0.15) is 5.82 Å². The predicted octanol–water partition coefficient (Wildman–Crippen LogP) is 0.321. The molecule has 0 aliphatic carbocycles. The van der Waals surface area contributed by atoms with E-state index in [1.54, 1.807) is 7.05 Å². The minimum atomic E-state index is -0.244. The molecule has 0 fully saturated rings. The molecule has 22 heavy (non-hydrogen) atoms. The number of amides is 1. The number of hydrogen-bond acceptors (Lipinski definition) is 4. The molecule has 0 unspecified atom stereocenters. The highest BCUT2D eigenvalue weighted by Crippen LogP contribution is 1.97. The van der Waals surface area contributed by atoms with E-state index in [1.807, 2.05) is 39.3 Å². The van der Waals surface area contributed by atoms with Gasteiger partial charge in [0.15, 0.2) is 11.8 Å². The zero-order valence-electron chi connectivity index (χ0n) is 14.0. The van der Waals surface area contributed by atoms with Gasteiger partial charge in [0.2, 0.25) is 5.91 Å². The second kappa shape index (κ2) is 8.91. The van der Waals surface area contributed by atoms with E-state index in [-0.39, 0.29) is 42.0 Å². The predicted molar refractivity (Wildman–Crippen MR) is 97.3 cm³/mol. The lowest BCUT2D eigenvalue weighted by molar-refractivity contribution is -0.121. The van der Waals surface area contributed by atoms with E-state index in [0.29, 0.717) is 12.5 Å². The van der Waals surface area contributed by atoms with Crippen LogP contribution in [0.1, 0.15) is 32.4 Å². The molecule has 1 rings (SSSR count). The summed E-state index contributed by atoms with van der Waals surface area (Å²) in [7, 11) is 3.55. The first kappa shape index (κ1) is 20.6. The number of carbonyl (C=O) groups is 1. The maximum absolute atomic E-state index is 11.7. The molecule has 1 aromatic heterocycles. The SMILES string of the molecule is CN=C(NCC(=O)NC(C)(C)C)NCc1nnc(C)n1C.I. The van der Waals surface area contributed by atoms with Gasteiger partial charge in [0.05, 0.1) is 13.1 Å². The lowest BCUT2D eigenvalue weighted by Gasteiger charge is -2.21. The van der Waals surface area contributed by atoms with E-state index in [2.05, 4.69) is 31.1 Å². The van der Waals surface area contributed by atoms with E-state index in [0.717, 1.165) is 11.6 Å². The smallest absolute Gasteiger partial charge is 0.239 e. The summed E-state index contributed by atoms with van der Waals surface area (Å²) in [6, 6.07) is 0. The zero-order chi connectivity index (χ0) is 16.0. The number of aliphatic imine (C=N–C) groups is 1. The van der Waals surface area contributed by atoms with Crippen molar-refractivity contribution in [2.24, 2.45) is 12.0 Å². The van der Waals surface area contributed by atoms with Gasteiger partial charge in [-0.05, 0) is 27.7 Å². The highest BCUT2D eigenvalue weighted by molar-refractivity contribution is 14.0. The number of guanidine groups is 1. The number of halogens is 1. The second-order valence-electron chi connectivity index (χ2n) is 5.80. The fourth-order valence-corrected chi connectivity index (χ4v) is 1.61. The maximum Gasteiger partial charge on any atom is 0.239 e. The lowest BCUT2D eigenvalue weighted by atomic mass is 10.1. The highest BCUT2D eigenvalue weighted by atomic mass is 127. The third-order valence-electron chi connectivity index (χ3n) is 2.75. The molecule has 9 heteroatoms. The Morgan fingerprint density at radius 3 is 2.36 bits per heavy atom. The molecule has 8 nitrogen and oxygen atoms in total. The Hall–Kier alpha value is -1.39. The molecule has 1 amide bonds. The number of rotatable bonds is 4. The second-order valence-corrected chi connectivity index (χ2v) is 5.80.